The van der Waals surface area contributed by atoms with Crippen molar-refractivity contribution in [2.24, 2.45) is 0 Å². The van der Waals surface area contributed by atoms with Gasteiger partial charge in [-0.3, -0.25) is 34.0 Å². The second-order valence-corrected chi connectivity index (χ2v) is 7.85. The first kappa shape index (κ1) is 25.3. The Morgan fingerprint density at radius 1 is 0.621 bits per heavy atom. The molecule has 3 N–H and O–H groups in total. The van der Waals surface area contributed by atoms with Crippen molar-refractivity contribution < 1.29 is 29.7 Å². The molecular formula is C19H36N4O6. The highest BCUT2D eigenvalue weighted by atomic mass is 16.4. The normalized spacial score (nSPS) is 20.4. The molecule has 0 aromatic rings. The molecule has 1 saturated heterocycles. The van der Waals surface area contributed by atoms with Crippen LogP contribution in [0.1, 0.15) is 26.7 Å². The Kier molecular flexibility index (Phi) is 11.7. The minimum absolute atomic E-state index is 0.0305. The molecular weight excluding hydrogens is 380 g/mol. The second kappa shape index (κ2) is 13.5. The summed E-state index contributed by atoms with van der Waals surface area (Å²) < 4.78 is 0. The zero-order valence-corrected chi connectivity index (χ0v) is 17.6. The number of carboxylic acid groups (broad SMARTS) is 3. The molecule has 1 aliphatic heterocycles. The van der Waals surface area contributed by atoms with Crippen LogP contribution >= 0.6 is 0 Å². The monoisotopic (exact) mass is 416 g/mol. The molecule has 0 radical (unpaired) electrons. The third-order valence-corrected chi connectivity index (χ3v) is 5.11. The molecule has 1 fully saturated rings. The first-order valence-corrected chi connectivity index (χ1v) is 10.2. The van der Waals surface area contributed by atoms with Crippen LogP contribution in [-0.2, 0) is 14.4 Å². The van der Waals surface area contributed by atoms with Crippen molar-refractivity contribution in [3.8, 4) is 0 Å². The van der Waals surface area contributed by atoms with Crippen LogP contribution in [0.2, 0.25) is 0 Å². The van der Waals surface area contributed by atoms with Gasteiger partial charge in [-0.25, -0.2) is 0 Å². The molecule has 1 heterocycles. The summed E-state index contributed by atoms with van der Waals surface area (Å²) >= 11 is 0. The van der Waals surface area contributed by atoms with E-state index in [1.807, 2.05) is 9.80 Å². The van der Waals surface area contributed by atoms with Gasteiger partial charge in [-0.15, -0.1) is 0 Å². The van der Waals surface area contributed by atoms with Crippen molar-refractivity contribution in [2.45, 2.75) is 32.7 Å². The van der Waals surface area contributed by atoms with Crippen molar-refractivity contribution in [1.82, 2.24) is 19.6 Å². The molecule has 168 valence electrons. The number of hydrogen-bond donors (Lipinski definition) is 3. The molecule has 0 spiro atoms. The lowest BCUT2D eigenvalue weighted by molar-refractivity contribution is -0.140. The van der Waals surface area contributed by atoms with E-state index in [-0.39, 0.29) is 19.6 Å². The van der Waals surface area contributed by atoms with E-state index < -0.39 is 17.9 Å². The third kappa shape index (κ3) is 11.7. The van der Waals surface area contributed by atoms with Gasteiger partial charge in [0.1, 0.15) is 0 Å². The number of aliphatic carboxylic acids is 3. The first-order valence-electron chi connectivity index (χ1n) is 10.2. The van der Waals surface area contributed by atoms with Gasteiger partial charge in [-0.2, -0.15) is 0 Å². The smallest absolute Gasteiger partial charge is 0.317 e. The lowest BCUT2D eigenvalue weighted by Crippen LogP contribution is -2.45. The Labute approximate surface area is 172 Å². The van der Waals surface area contributed by atoms with Crippen molar-refractivity contribution in [2.75, 3.05) is 72.0 Å². The zero-order valence-electron chi connectivity index (χ0n) is 17.6. The summed E-state index contributed by atoms with van der Waals surface area (Å²) in [6.07, 6.45) is 1.45. The molecule has 1 rings (SSSR count). The Balaban J connectivity index is 2.85. The Morgan fingerprint density at radius 2 is 0.966 bits per heavy atom. The number of nitrogens with zero attached hydrogens (tertiary/aromatic N) is 4. The molecule has 1 aliphatic rings. The number of rotatable bonds is 7. The van der Waals surface area contributed by atoms with Gasteiger partial charge in [0.05, 0.1) is 19.6 Å². The molecule has 29 heavy (non-hydrogen) atoms. The molecule has 0 amide bonds. The first-order chi connectivity index (χ1) is 13.7. The fraction of sp³-hybridized carbons (Fsp3) is 0.842. The summed E-state index contributed by atoms with van der Waals surface area (Å²) in [5.74, 6) is -2.68. The van der Waals surface area contributed by atoms with Crippen molar-refractivity contribution in [3.63, 3.8) is 0 Å². The van der Waals surface area contributed by atoms with Gasteiger partial charge in [0.25, 0.3) is 0 Å². The minimum Gasteiger partial charge on any atom is -0.480 e. The van der Waals surface area contributed by atoms with E-state index >= 15 is 0 Å². The highest BCUT2D eigenvalue weighted by Crippen LogP contribution is 2.05. The van der Waals surface area contributed by atoms with Crippen LogP contribution in [0.4, 0.5) is 0 Å². The molecule has 10 heteroatoms. The lowest BCUT2D eigenvalue weighted by atomic mass is 10.2. The third-order valence-electron chi connectivity index (χ3n) is 5.11. The molecule has 0 saturated carbocycles. The van der Waals surface area contributed by atoms with E-state index in [1.54, 1.807) is 4.90 Å². The van der Waals surface area contributed by atoms with Crippen LogP contribution < -0.4 is 0 Å². The van der Waals surface area contributed by atoms with E-state index in [4.69, 9.17) is 5.11 Å². The minimum atomic E-state index is -0.925. The number of carbonyl (C=O) groups is 3. The van der Waals surface area contributed by atoms with Crippen LogP contribution in [-0.4, -0.2) is 131 Å². The zero-order chi connectivity index (χ0) is 21.8. The lowest BCUT2D eigenvalue weighted by Gasteiger charge is -2.32. The van der Waals surface area contributed by atoms with Gasteiger partial charge in [-0.05, 0) is 33.2 Å². The predicted octanol–water partition coefficient (Wildman–Crippen LogP) is -0.350. The highest BCUT2D eigenvalue weighted by molar-refractivity contribution is 5.69. The number of carboxylic acids is 3. The topological polar surface area (TPSA) is 125 Å². The SMILES string of the molecule is CC(C)N1CCCN(CC(=O)O)CCN(CC(=O)O)CCCN(CC(=O)O)CC1. The van der Waals surface area contributed by atoms with E-state index in [2.05, 4.69) is 18.7 Å². The molecule has 10 nitrogen and oxygen atoms in total. The van der Waals surface area contributed by atoms with Gasteiger partial charge >= 0.3 is 17.9 Å². The average molecular weight is 417 g/mol. The average Bonchev–Trinajstić information content (AvgIpc) is 2.59. The molecule has 0 aliphatic carbocycles. The largest absolute Gasteiger partial charge is 0.480 e. The molecule has 0 aromatic heterocycles. The van der Waals surface area contributed by atoms with Crippen molar-refractivity contribution in [1.29, 1.82) is 0 Å². The van der Waals surface area contributed by atoms with E-state index in [0.717, 1.165) is 19.5 Å². The molecule has 0 aromatic carbocycles. The summed E-state index contributed by atoms with van der Waals surface area (Å²) in [6, 6.07) is 0.313. The molecule has 0 atom stereocenters. The fourth-order valence-corrected chi connectivity index (χ4v) is 3.58. The van der Waals surface area contributed by atoms with Crippen molar-refractivity contribution in [3.05, 3.63) is 0 Å². The molecule has 0 bridgehead atoms. The van der Waals surface area contributed by atoms with Gasteiger partial charge in [0.15, 0.2) is 0 Å². The second-order valence-electron chi connectivity index (χ2n) is 7.85. The van der Waals surface area contributed by atoms with E-state index in [9.17, 15) is 24.6 Å². The maximum absolute atomic E-state index is 11.2. The van der Waals surface area contributed by atoms with Crippen molar-refractivity contribution >= 4 is 17.9 Å². The summed E-state index contributed by atoms with van der Waals surface area (Å²) in [6.45, 7) is 8.84. The summed E-state index contributed by atoms with van der Waals surface area (Å²) in [4.78, 5) is 41.4. The standard InChI is InChI=1S/C19H36N4O6/c1-16(2)23-8-4-7-21(14-18(26)27)10-9-20(13-17(24)25)5-3-6-22(11-12-23)15-19(28)29/h16H,3-15H2,1-2H3,(H,24,25)(H,26,27)(H,28,29). The quantitative estimate of drug-likeness (QED) is 0.507. The highest BCUT2D eigenvalue weighted by Gasteiger charge is 2.18. The van der Waals surface area contributed by atoms with Gasteiger partial charge in [0.2, 0.25) is 0 Å². The summed E-state index contributed by atoms with van der Waals surface area (Å²) in [5, 5.41) is 27.5. The Bertz CT molecular complexity index is 531. The van der Waals surface area contributed by atoms with Gasteiger partial charge < -0.3 is 15.3 Å². The Morgan fingerprint density at radius 3 is 1.31 bits per heavy atom. The van der Waals surface area contributed by atoms with E-state index in [0.29, 0.717) is 51.7 Å². The predicted molar refractivity (Wildman–Crippen MR) is 108 cm³/mol. The fourth-order valence-electron chi connectivity index (χ4n) is 3.58. The Hall–Kier alpha value is -1.75. The summed E-state index contributed by atoms with van der Waals surface area (Å²) in [5.41, 5.74) is 0. The van der Waals surface area contributed by atoms with Crippen LogP contribution in [0.15, 0.2) is 0 Å². The summed E-state index contributed by atoms with van der Waals surface area (Å²) in [7, 11) is 0. The van der Waals surface area contributed by atoms with Gasteiger partial charge in [-0.1, -0.05) is 0 Å². The van der Waals surface area contributed by atoms with Crippen LogP contribution in [0.5, 0.6) is 0 Å². The maximum Gasteiger partial charge on any atom is 0.317 e. The van der Waals surface area contributed by atoms with Crippen LogP contribution in [0.3, 0.4) is 0 Å². The molecule has 0 unspecified atom stereocenters. The van der Waals surface area contributed by atoms with Crippen LogP contribution in [0, 0.1) is 0 Å². The number of hydrogen-bond acceptors (Lipinski definition) is 7. The van der Waals surface area contributed by atoms with E-state index in [1.165, 1.54) is 0 Å². The van der Waals surface area contributed by atoms with Crippen LogP contribution in [0.25, 0.3) is 0 Å². The van der Waals surface area contributed by atoms with Gasteiger partial charge in [0, 0.05) is 51.9 Å². The maximum atomic E-state index is 11.2.